The quantitative estimate of drug-likeness (QED) is 0.456. The Labute approximate surface area is 153 Å². The van der Waals surface area contributed by atoms with Crippen molar-refractivity contribution in [2.75, 3.05) is 26.1 Å². The molecule has 0 atom stereocenters. The number of nitrogens with one attached hydrogen (secondary N) is 1. The number of anilines is 1. The molecule has 1 aromatic heterocycles. The minimum absolute atomic E-state index is 0.0952. The minimum atomic E-state index is -0.803. The highest BCUT2D eigenvalue weighted by molar-refractivity contribution is 5.99. The second kappa shape index (κ2) is 8.65. The van der Waals surface area contributed by atoms with Gasteiger partial charge in [0.1, 0.15) is 11.3 Å². The highest BCUT2D eigenvalue weighted by atomic mass is 16.5. The van der Waals surface area contributed by atoms with Gasteiger partial charge in [-0.05, 0) is 19.1 Å². The number of methoxy groups -OCH3 is 2. The molecule has 9 nitrogen and oxygen atoms in total. The first-order valence-electron chi connectivity index (χ1n) is 7.79. The molecule has 1 heterocycles. The molecule has 0 unspecified atom stereocenters. The summed E-state index contributed by atoms with van der Waals surface area (Å²) in [6.07, 6.45) is 0.918. The van der Waals surface area contributed by atoms with E-state index in [1.165, 1.54) is 18.2 Å². The number of ether oxygens (including phenoxy) is 3. The first-order chi connectivity index (χ1) is 12.9. The van der Waals surface area contributed by atoms with Crippen molar-refractivity contribution in [3.63, 3.8) is 0 Å². The van der Waals surface area contributed by atoms with Gasteiger partial charge in [-0.25, -0.2) is 14.4 Å². The number of hydrogen-bond acceptors (Lipinski definition) is 9. The molecule has 0 saturated carbocycles. The lowest BCUT2D eigenvalue weighted by molar-refractivity contribution is -0.138. The van der Waals surface area contributed by atoms with E-state index in [-0.39, 0.29) is 29.0 Å². The van der Waals surface area contributed by atoms with Crippen LogP contribution in [0.3, 0.4) is 0 Å². The van der Waals surface area contributed by atoms with E-state index < -0.39 is 23.3 Å². The van der Waals surface area contributed by atoms with Crippen molar-refractivity contribution in [3.05, 3.63) is 52.0 Å². The molecule has 0 aliphatic rings. The summed E-state index contributed by atoms with van der Waals surface area (Å²) in [5.41, 5.74) is -0.207. The first-order valence-corrected chi connectivity index (χ1v) is 7.79. The molecule has 0 bridgehead atoms. The predicted molar refractivity (Wildman–Crippen MR) is 94.2 cm³/mol. The number of carbonyl (C=O) groups is 3. The molecule has 0 amide bonds. The third kappa shape index (κ3) is 4.72. The van der Waals surface area contributed by atoms with E-state index >= 15 is 0 Å². The zero-order chi connectivity index (χ0) is 20.0. The number of benzene rings is 1. The minimum Gasteiger partial charge on any atom is -0.466 e. The van der Waals surface area contributed by atoms with Crippen LogP contribution in [0.4, 0.5) is 5.69 Å². The lowest BCUT2D eigenvalue weighted by Gasteiger charge is -2.10. The predicted octanol–water partition coefficient (Wildman–Crippen LogP) is 1.61. The molecule has 2 aromatic rings. The standard InChI is InChI=1S/C18H17NO8/c1-4-26-18(23)15-9-13(20)11-6-5-10(7-14(11)27-15)19-12(17(22)25-3)8-16(21)24-2/h5-9,19H,4H2,1-3H3. The monoisotopic (exact) mass is 375 g/mol. The molecule has 2 rings (SSSR count). The van der Waals surface area contributed by atoms with E-state index in [1.54, 1.807) is 6.92 Å². The summed E-state index contributed by atoms with van der Waals surface area (Å²) in [5.74, 6) is -2.58. The summed E-state index contributed by atoms with van der Waals surface area (Å²) in [5, 5.41) is 2.91. The smallest absolute Gasteiger partial charge is 0.374 e. The Kier molecular flexibility index (Phi) is 6.32. The Morgan fingerprint density at radius 2 is 1.89 bits per heavy atom. The van der Waals surface area contributed by atoms with Crippen molar-refractivity contribution in [1.29, 1.82) is 0 Å². The normalized spacial score (nSPS) is 11.0. The fourth-order valence-corrected chi connectivity index (χ4v) is 2.12. The number of hydrogen-bond donors (Lipinski definition) is 1. The van der Waals surface area contributed by atoms with Gasteiger partial charge in [0, 0.05) is 17.8 Å². The third-order valence-electron chi connectivity index (χ3n) is 3.35. The van der Waals surface area contributed by atoms with Crippen LogP contribution < -0.4 is 10.7 Å². The van der Waals surface area contributed by atoms with Crippen molar-refractivity contribution in [2.45, 2.75) is 6.92 Å². The van der Waals surface area contributed by atoms with Gasteiger partial charge < -0.3 is 23.9 Å². The van der Waals surface area contributed by atoms with Gasteiger partial charge in [-0.3, -0.25) is 4.79 Å². The van der Waals surface area contributed by atoms with E-state index in [9.17, 15) is 19.2 Å². The van der Waals surface area contributed by atoms with E-state index in [2.05, 4.69) is 14.8 Å². The van der Waals surface area contributed by atoms with E-state index in [4.69, 9.17) is 9.15 Å². The molecule has 0 saturated heterocycles. The Morgan fingerprint density at radius 1 is 1.15 bits per heavy atom. The fraction of sp³-hybridized carbons (Fsp3) is 0.222. The van der Waals surface area contributed by atoms with Gasteiger partial charge in [0.25, 0.3) is 0 Å². The molecular formula is C18H17NO8. The molecule has 1 aromatic carbocycles. The van der Waals surface area contributed by atoms with Gasteiger partial charge >= 0.3 is 17.9 Å². The molecule has 0 spiro atoms. The van der Waals surface area contributed by atoms with Crippen LogP contribution in [0.25, 0.3) is 11.0 Å². The second-order valence-corrected chi connectivity index (χ2v) is 5.10. The van der Waals surface area contributed by atoms with Crippen LogP contribution in [0.1, 0.15) is 17.5 Å². The SMILES string of the molecule is CCOC(=O)c1cc(=O)c2ccc(NC(=CC(=O)OC)C(=O)OC)cc2o1. The maximum Gasteiger partial charge on any atom is 0.374 e. The Morgan fingerprint density at radius 3 is 2.52 bits per heavy atom. The van der Waals surface area contributed by atoms with Crippen molar-refractivity contribution >= 4 is 34.6 Å². The van der Waals surface area contributed by atoms with Gasteiger partial charge in [-0.15, -0.1) is 0 Å². The van der Waals surface area contributed by atoms with Crippen LogP contribution in [0.2, 0.25) is 0 Å². The lowest BCUT2D eigenvalue weighted by atomic mass is 10.2. The van der Waals surface area contributed by atoms with Crippen molar-refractivity contribution in [2.24, 2.45) is 0 Å². The van der Waals surface area contributed by atoms with Crippen LogP contribution in [0, 0.1) is 0 Å². The van der Waals surface area contributed by atoms with Crippen LogP contribution in [-0.4, -0.2) is 38.7 Å². The highest BCUT2D eigenvalue weighted by Gasteiger charge is 2.16. The number of fused-ring (bicyclic) bond motifs is 1. The zero-order valence-corrected chi connectivity index (χ0v) is 14.9. The van der Waals surface area contributed by atoms with Gasteiger partial charge in [0.15, 0.2) is 5.43 Å². The summed E-state index contributed by atoms with van der Waals surface area (Å²) in [6, 6.07) is 5.39. The Balaban J connectivity index is 2.45. The summed E-state index contributed by atoms with van der Waals surface area (Å²) >= 11 is 0. The maximum absolute atomic E-state index is 12.1. The van der Waals surface area contributed by atoms with Gasteiger partial charge in [0.05, 0.1) is 32.3 Å². The Hall–Kier alpha value is -3.62. The molecule has 0 fully saturated rings. The average molecular weight is 375 g/mol. The molecule has 0 aliphatic heterocycles. The van der Waals surface area contributed by atoms with E-state index in [0.717, 1.165) is 26.4 Å². The average Bonchev–Trinajstić information content (AvgIpc) is 2.66. The summed E-state index contributed by atoms with van der Waals surface area (Å²) in [4.78, 5) is 47.2. The van der Waals surface area contributed by atoms with Crippen LogP contribution in [0.5, 0.6) is 0 Å². The number of rotatable bonds is 6. The molecule has 0 radical (unpaired) electrons. The van der Waals surface area contributed by atoms with Gasteiger partial charge in [-0.2, -0.15) is 0 Å². The summed E-state index contributed by atoms with van der Waals surface area (Å²) in [7, 11) is 2.31. The van der Waals surface area contributed by atoms with Crippen LogP contribution in [0.15, 0.2) is 45.3 Å². The first kappa shape index (κ1) is 19.7. The maximum atomic E-state index is 12.1. The summed E-state index contributed by atoms with van der Waals surface area (Å²) < 4.78 is 19.3. The number of carbonyl (C=O) groups excluding carboxylic acids is 3. The number of esters is 3. The molecule has 142 valence electrons. The molecule has 0 aliphatic carbocycles. The van der Waals surface area contributed by atoms with E-state index in [0.29, 0.717) is 5.69 Å². The van der Waals surface area contributed by atoms with Gasteiger partial charge in [-0.1, -0.05) is 0 Å². The highest BCUT2D eigenvalue weighted by Crippen LogP contribution is 2.20. The van der Waals surface area contributed by atoms with Crippen molar-refractivity contribution in [3.8, 4) is 0 Å². The largest absolute Gasteiger partial charge is 0.466 e. The van der Waals surface area contributed by atoms with Crippen LogP contribution >= 0.6 is 0 Å². The third-order valence-corrected chi connectivity index (χ3v) is 3.35. The van der Waals surface area contributed by atoms with Crippen molar-refractivity contribution in [1.82, 2.24) is 0 Å². The fourth-order valence-electron chi connectivity index (χ4n) is 2.12. The molecule has 27 heavy (non-hydrogen) atoms. The van der Waals surface area contributed by atoms with Crippen molar-refractivity contribution < 1.29 is 33.0 Å². The van der Waals surface area contributed by atoms with Gasteiger partial charge in [0.2, 0.25) is 5.76 Å². The topological polar surface area (TPSA) is 121 Å². The zero-order valence-electron chi connectivity index (χ0n) is 14.9. The Bertz CT molecular complexity index is 973. The van der Waals surface area contributed by atoms with E-state index in [1.807, 2.05) is 0 Å². The van der Waals surface area contributed by atoms with Crippen LogP contribution in [-0.2, 0) is 23.8 Å². The second-order valence-electron chi connectivity index (χ2n) is 5.10. The molecule has 9 heteroatoms. The summed E-state index contributed by atoms with van der Waals surface area (Å²) in [6.45, 7) is 1.75. The molecule has 1 N–H and O–H groups in total. The lowest BCUT2D eigenvalue weighted by Crippen LogP contribution is -2.15. The molecular weight excluding hydrogens is 358 g/mol.